The fourth-order valence-electron chi connectivity index (χ4n) is 4.14. The molecule has 0 N–H and O–H groups in total. The molecular weight excluding hydrogens is 420 g/mol. The van der Waals surface area contributed by atoms with Crippen molar-refractivity contribution in [1.82, 2.24) is 9.97 Å². The van der Waals surface area contributed by atoms with E-state index in [2.05, 4.69) is 50.2 Å². The Morgan fingerprint density at radius 1 is 0.969 bits per heavy atom. The maximum absolute atomic E-state index is 6.34. The van der Waals surface area contributed by atoms with E-state index >= 15 is 0 Å². The van der Waals surface area contributed by atoms with E-state index in [-0.39, 0.29) is 5.41 Å². The first-order valence-electron chi connectivity index (χ1n) is 10.9. The lowest BCUT2D eigenvalue weighted by molar-refractivity contribution is 0.218. The molecule has 168 valence electrons. The van der Waals surface area contributed by atoms with Crippen LogP contribution in [-0.4, -0.2) is 43.2 Å². The third-order valence-corrected chi connectivity index (χ3v) is 6.56. The monoisotopic (exact) mass is 450 g/mol. The summed E-state index contributed by atoms with van der Waals surface area (Å²) in [4.78, 5) is 9.81. The summed E-state index contributed by atoms with van der Waals surface area (Å²) < 4.78 is 16.8. The van der Waals surface area contributed by atoms with Gasteiger partial charge in [-0.3, -0.25) is 0 Å². The summed E-state index contributed by atoms with van der Waals surface area (Å²) in [5.41, 5.74) is 5.68. The number of benzene rings is 2. The summed E-state index contributed by atoms with van der Waals surface area (Å²) in [5, 5.41) is 0.729. The number of rotatable bonds is 9. The Bertz CT molecular complexity index is 1070. The van der Waals surface area contributed by atoms with Crippen molar-refractivity contribution in [3.8, 4) is 22.9 Å². The Labute approximate surface area is 194 Å². The first kappa shape index (κ1) is 22.6. The Hall–Kier alpha value is -2.57. The van der Waals surface area contributed by atoms with Crippen LogP contribution in [-0.2, 0) is 23.0 Å². The quantitative estimate of drug-likeness (QED) is 0.249. The number of fused-ring (bicyclic) bond motifs is 3. The van der Waals surface area contributed by atoms with Crippen LogP contribution in [0.15, 0.2) is 53.7 Å². The Balaban J connectivity index is 1.64. The topological polar surface area (TPSA) is 53.5 Å². The molecule has 0 fully saturated rings. The SMILES string of the molecule is COCCSc1nc(OCCc2ccc(OC)cc2)c2c(n1)-c1ccccc1CC2(C)C. The van der Waals surface area contributed by atoms with Crippen LogP contribution >= 0.6 is 11.8 Å². The van der Waals surface area contributed by atoms with E-state index in [9.17, 15) is 0 Å². The second kappa shape index (κ2) is 9.92. The average Bonchev–Trinajstić information content (AvgIpc) is 2.79. The van der Waals surface area contributed by atoms with Gasteiger partial charge in [-0.05, 0) is 29.7 Å². The number of hydrogen-bond acceptors (Lipinski definition) is 6. The lowest BCUT2D eigenvalue weighted by Crippen LogP contribution is -2.28. The third kappa shape index (κ3) is 4.92. The number of methoxy groups -OCH3 is 2. The number of aromatic nitrogens is 2. The van der Waals surface area contributed by atoms with Crippen LogP contribution < -0.4 is 9.47 Å². The molecule has 0 saturated carbocycles. The van der Waals surface area contributed by atoms with Crippen LogP contribution in [0.1, 0.15) is 30.5 Å². The summed E-state index contributed by atoms with van der Waals surface area (Å²) in [7, 11) is 3.39. The van der Waals surface area contributed by atoms with E-state index in [1.807, 2.05) is 12.1 Å². The standard InChI is InChI=1S/C26H30N2O3S/c1-26(2)17-19-7-5-6-8-21(19)23-22(26)24(28-25(27-23)32-16-15-29-3)31-14-13-18-9-11-20(30-4)12-10-18/h5-12H,13-17H2,1-4H3. The molecular formula is C26H30N2O3S. The molecule has 3 aromatic rings. The maximum Gasteiger partial charge on any atom is 0.221 e. The summed E-state index contributed by atoms with van der Waals surface area (Å²) in [5.74, 6) is 2.35. The molecule has 6 heteroatoms. The van der Waals surface area contributed by atoms with Gasteiger partial charge in [0.2, 0.25) is 5.88 Å². The normalized spacial score (nSPS) is 13.9. The first-order valence-corrected chi connectivity index (χ1v) is 11.9. The fourth-order valence-corrected chi connectivity index (χ4v) is 4.87. The van der Waals surface area contributed by atoms with Crippen LogP contribution in [0.5, 0.6) is 11.6 Å². The van der Waals surface area contributed by atoms with Gasteiger partial charge in [0.1, 0.15) is 5.75 Å². The smallest absolute Gasteiger partial charge is 0.221 e. The van der Waals surface area contributed by atoms with Crippen molar-refractivity contribution in [2.75, 3.05) is 33.2 Å². The predicted octanol–water partition coefficient (Wildman–Crippen LogP) is 5.35. The number of ether oxygens (including phenoxy) is 3. The molecule has 0 atom stereocenters. The van der Waals surface area contributed by atoms with Gasteiger partial charge in [0, 0.05) is 35.8 Å². The fraction of sp³-hybridized carbons (Fsp3) is 0.385. The molecule has 0 amide bonds. The highest BCUT2D eigenvalue weighted by Gasteiger charge is 2.36. The minimum Gasteiger partial charge on any atom is -0.497 e. The molecule has 0 radical (unpaired) electrons. The number of hydrogen-bond donors (Lipinski definition) is 0. The van der Waals surface area contributed by atoms with E-state index < -0.39 is 0 Å². The second-order valence-electron chi connectivity index (χ2n) is 8.54. The van der Waals surface area contributed by atoms with Gasteiger partial charge < -0.3 is 14.2 Å². The Morgan fingerprint density at radius 3 is 2.50 bits per heavy atom. The van der Waals surface area contributed by atoms with E-state index in [0.29, 0.717) is 19.1 Å². The van der Waals surface area contributed by atoms with Crippen LogP contribution in [0, 0.1) is 0 Å². The largest absolute Gasteiger partial charge is 0.497 e. The number of nitrogens with zero attached hydrogens (tertiary/aromatic N) is 2. The molecule has 5 nitrogen and oxygen atoms in total. The van der Waals surface area contributed by atoms with E-state index in [1.54, 1.807) is 26.0 Å². The van der Waals surface area contributed by atoms with E-state index in [0.717, 1.165) is 40.8 Å². The van der Waals surface area contributed by atoms with Gasteiger partial charge in [0.15, 0.2) is 5.16 Å². The molecule has 1 heterocycles. The minimum atomic E-state index is -0.116. The van der Waals surface area contributed by atoms with Gasteiger partial charge in [-0.2, -0.15) is 4.98 Å². The van der Waals surface area contributed by atoms with Crippen molar-refractivity contribution in [2.24, 2.45) is 0 Å². The third-order valence-electron chi connectivity index (χ3n) is 5.74. The van der Waals surface area contributed by atoms with Crippen molar-refractivity contribution in [2.45, 2.75) is 37.3 Å². The van der Waals surface area contributed by atoms with Gasteiger partial charge in [0.05, 0.1) is 26.0 Å². The minimum absolute atomic E-state index is 0.116. The first-order chi connectivity index (χ1) is 15.5. The zero-order valence-corrected chi connectivity index (χ0v) is 20.0. The van der Waals surface area contributed by atoms with Gasteiger partial charge in [0.25, 0.3) is 0 Å². The van der Waals surface area contributed by atoms with Crippen molar-refractivity contribution >= 4 is 11.8 Å². The van der Waals surface area contributed by atoms with Crippen LogP contribution in [0.25, 0.3) is 11.3 Å². The van der Waals surface area contributed by atoms with Crippen molar-refractivity contribution in [1.29, 1.82) is 0 Å². The molecule has 4 rings (SSSR count). The molecule has 32 heavy (non-hydrogen) atoms. The summed E-state index contributed by atoms with van der Waals surface area (Å²) >= 11 is 1.60. The molecule has 0 unspecified atom stereocenters. The zero-order chi connectivity index (χ0) is 22.6. The van der Waals surface area contributed by atoms with Gasteiger partial charge in [-0.15, -0.1) is 0 Å². The Kier molecular flexibility index (Phi) is 7.01. The molecule has 1 aliphatic rings. The lowest BCUT2D eigenvalue weighted by atomic mass is 9.72. The van der Waals surface area contributed by atoms with Crippen LogP contribution in [0.3, 0.4) is 0 Å². The molecule has 0 spiro atoms. The molecule has 0 bridgehead atoms. The van der Waals surface area contributed by atoms with Gasteiger partial charge in [-0.25, -0.2) is 4.98 Å². The Morgan fingerprint density at radius 2 is 1.75 bits per heavy atom. The zero-order valence-electron chi connectivity index (χ0n) is 19.2. The maximum atomic E-state index is 6.34. The number of thioether (sulfide) groups is 1. The highest BCUT2D eigenvalue weighted by molar-refractivity contribution is 7.99. The average molecular weight is 451 g/mol. The molecule has 0 saturated heterocycles. The van der Waals surface area contributed by atoms with Crippen molar-refractivity contribution < 1.29 is 14.2 Å². The van der Waals surface area contributed by atoms with Gasteiger partial charge in [-0.1, -0.05) is 62.0 Å². The highest BCUT2D eigenvalue weighted by Crippen LogP contribution is 2.46. The predicted molar refractivity (Wildman–Crippen MR) is 129 cm³/mol. The van der Waals surface area contributed by atoms with Gasteiger partial charge >= 0.3 is 0 Å². The van der Waals surface area contributed by atoms with Crippen LogP contribution in [0.4, 0.5) is 0 Å². The summed E-state index contributed by atoms with van der Waals surface area (Å²) in [6, 6.07) is 16.6. The molecule has 2 aromatic carbocycles. The second-order valence-corrected chi connectivity index (χ2v) is 9.60. The summed E-state index contributed by atoms with van der Waals surface area (Å²) in [6.45, 7) is 5.70. The van der Waals surface area contributed by atoms with E-state index in [1.165, 1.54) is 16.7 Å². The lowest BCUT2D eigenvalue weighted by Gasteiger charge is -2.34. The molecule has 1 aliphatic carbocycles. The van der Waals surface area contributed by atoms with E-state index in [4.69, 9.17) is 24.2 Å². The van der Waals surface area contributed by atoms with Crippen molar-refractivity contribution in [3.05, 3.63) is 65.2 Å². The molecule has 1 aromatic heterocycles. The summed E-state index contributed by atoms with van der Waals surface area (Å²) in [6.07, 6.45) is 1.73. The van der Waals surface area contributed by atoms with Crippen molar-refractivity contribution in [3.63, 3.8) is 0 Å². The molecule has 0 aliphatic heterocycles. The van der Waals surface area contributed by atoms with Crippen LogP contribution in [0.2, 0.25) is 0 Å². The highest BCUT2D eigenvalue weighted by atomic mass is 32.2.